The zero-order chi connectivity index (χ0) is 12.5. The Bertz CT molecular complexity index is 431. The van der Waals surface area contributed by atoms with Crippen molar-refractivity contribution in [1.82, 2.24) is 9.88 Å². The summed E-state index contributed by atoms with van der Waals surface area (Å²) in [5, 5.41) is 3.50. The average molecular weight is 310 g/mol. The molecular formula is C14H20BrN3. The van der Waals surface area contributed by atoms with Crippen molar-refractivity contribution < 1.29 is 0 Å². The number of aromatic nitrogens is 1. The van der Waals surface area contributed by atoms with E-state index in [0.717, 1.165) is 28.8 Å². The highest BCUT2D eigenvalue weighted by atomic mass is 79.9. The van der Waals surface area contributed by atoms with Crippen LogP contribution in [0.5, 0.6) is 0 Å². The first kappa shape index (κ1) is 12.4. The molecule has 2 heterocycles. The Labute approximate surface area is 117 Å². The predicted octanol–water partition coefficient (Wildman–Crippen LogP) is 3.05. The topological polar surface area (TPSA) is 28.2 Å². The fraction of sp³-hybridized carbons (Fsp3) is 0.643. The minimum absolute atomic E-state index is 0.787. The van der Waals surface area contributed by atoms with Crippen LogP contribution in [0.1, 0.15) is 24.8 Å². The van der Waals surface area contributed by atoms with Crippen molar-refractivity contribution in [2.24, 2.45) is 5.92 Å². The molecule has 1 aliphatic carbocycles. The van der Waals surface area contributed by atoms with Crippen LogP contribution in [0.2, 0.25) is 0 Å². The van der Waals surface area contributed by atoms with Crippen LogP contribution in [-0.2, 0) is 0 Å². The van der Waals surface area contributed by atoms with E-state index in [1.54, 1.807) is 0 Å². The fourth-order valence-electron chi connectivity index (χ4n) is 2.77. The van der Waals surface area contributed by atoms with E-state index in [1.807, 2.05) is 6.20 Å². The van der Waals surface area contributed by atoms with E-state index in [2.05, 4.69) is 44.1 Å². The lowest BCUT2D eigenvalue weighted by atomic mass is 10.1. The van der Waals surface area contributed by atoms with Crippen LogP contribution in [0, 0.1) is 12.8 Å². The molecule has 0 amide bonds. The number of halogens is 1. The molecule has 1 atom stereocenters. The summed E-state index contributed by atoms with van der Waals surface area (Å²) in [6.45, 7) is 5.72. The largest absolute Gasteiger partial charge is 0.370 e. The first-order valence-electron chi connectivity index (χ1n) is 6.82. The number of nitrogens with one attached hydrogen (secondary N) is 1. The maximum Gasteiger partial charge on any atom is 0.128 e. The molecular weight excluding hydrogens is 290 g/mol. The normalized spacial score (nSPS) is 24.4. The smallest absolute Gasteiger partial charge is 0.128 e. The molecule has 1 unspecified atom stereocenters. The minimum atomic E-state index is 0.787. The summed E-state index contributed by atoms with van der Waals surface area (Å²) >= 11 is 3.45. The highest BCUT2D eigenvalue weighted by Gasteiger charge is 2.34. The van der Waals surface area contributed by atoms with Crippen molar-refractivity contribution in [1.29, 1.82) is 0 Å². The van der Waals surface area contributed by atoms with Crippen LogP contribution in [-0.4, -0.2) is 35.6 Å². The molecule has 1 N–H and O–H groups in total. The summed E-state index contributed by atoms with van der Waals surface area (Å²) in [6, 6.07) is 3.03. The van der Waals surface area contributed by atoms with Crippen molar-refractivity contribution in [3.8, 4) is 0 Å². The molecule has 1 saturated heterocycles. The monoisotopic (exact) mass is 309 g/mol. The number of anilines is 1. The Morgan fingerprint density at radius 1 is 1.44 bits per heavy atom. The SMILES string of the molecule is Cc1cc(Br)cnc1NCC1CCN(C2CC2)C1. The van der Waals surface area contributed by atoms with E-state index in [9.17, 15) is 0 Å². The van der Waals surface area contributed by atoms with Crippen LogP contribution in [0.4, 0.5) is 5.82 Å². The van der Waals surface area contributed by atoms with Crippen molar-refractivity contribution in [3.63, 3.8) is 0 Å². The van der Waals surface area contributed by atoms with Gasteiger partial charge in [0.2, 0.25) is 0 Å². The van der Waals surface area contributed by atoms with Crippen LogP contribution in [0.3, 0.4) is 0 Å². The van der Waals surface area contributed by atoms with Gasteiger partial charge in [-0.15, -0.1) is 0 Å². The van der Waals surface area contributed by atoms with Gasteiger partial charge in [-0.05, 0) is 66.2 Å². The third-order valence-corrected chi connectivity index (χ3v) is 4.42. The highest BCUT2D eigenvalue weighted by Crippen LogP contribution is 2.31. The van der Waals surface area contributed by atoms with Gasteiger partial charge in [0.15, 0.2) is 0 Å². The lowest BCUT2D eigenvalue weighted by Crippen LogP contribution is -2.25. The van der Waals surface area contributed by atoms with Crippen LogP contribution in [0.15, 0.2) is 16.7 Å². The number of hydrogen-bond donors (Lipinski definition) is 1. The second-order valence-corrected chi connectivity index (χ2v) is 6.50. The molecule has 0 aromatic carbocycles. The van der Waals surface area contributed by atoms with E-state index >= 15 is 0 Å². The number of rotatable bonds is 4. The molecule has 2 fully saturated rings. The van der Waals surface area contributed by atoms with E-state index in [1.165, 1.54) is 37.9 Å². The molecule has 98 valence electrons. The van der Waals surface area contributed by atoms with Gasteiger partial charge in [-0.2, -0.15) is 0 Å². The van der Waals surface area contributed by atoms with Gasteiger partial charge in [-0.25, -0.2) is 4.98 Å². The van der Waals surface area contributed by atoms with E-state index < -0.39 is 0 Å². The van der Waals surface area contributed by atoms with Crippen molar-refractivity contribution in [2.45, 2.75) is 32.2 Å². The van der Waals surface area contributed by atoms with Gasteiger partial charge in [0.1, 0.15) is 5.82 Å². The van der Waals surface area contributed by atoms with Gasteiger partial charge in [0, 0.05) is 29.8 Å². The predicted molar refractivity (Wildman–Crippen MR) is 77.9 cm³/mol. The van der Waals surface area contributed by atoms with Crippen LogP contribution >= 0.6 is 15.9 Å². The molecule has 0 bridgehead atoms. The Kier molecular flexibility index (Phi) is 3.57. The van der Waals surface area contributed by atoms with Crippen molar-refractivity contribution >= 4 is 21.7 Å². The van der Waals surface area contributed by atoms with E-state index in [4.69, 9.17) is 0 Å². The Morgan fingerprint density at radius 2 is 2.28 bits per heavy atom. The first-order valence-corrected chi connectivity index (χ1v) is 7.62. The number of aryl methyl sites for hydroxylation is 1. The summed E-state index contributed by atoms with van der Waals surface area (Å²) < 4.78 is 1.05. The molecule has 1 aromatic heterocycles. The Morgan fingerprint density at radius 3 is 3.00 bits per heavy atom. The zero-order valence-electron chi connectivity index (χ0n) is 10.8. The second kappa shape index (κ2) is 5.17. The summed E-state index contributed by atoms with van der Waals surface area (Å²) in [5.74, 6) is 1.82. The Hall–Kier alpha value is -0.610. The lowest BCUT2D eigenvalue weighted by Gasteiger charge is -2.16. The molecule has 0 radical (unpaired) electrons. The highest BCUT2D eigenvalue weighted by molar-refractivity contribution is 9.10. The van der Waals surface area contributed by atoms with E-state index in [-0.39, 0.29) is 0 Å². The third kappa shape index (κ3) is 2.86. The van der Waals surface area contributed by atoms with Gasteiger partial charge in [0.05, 0.1) is 0 Å². The third-order valence-electron chi connectivity index (χ3n) is 3.98. The van der Waals surface area contributed by atoms with Crippen molar-refractivity contribution in [2.75, 3.05) is 25.0 Å². The van der Waals surface area contributed by atoms with Crippen LogP contribution in [0.25, 0.3) is 0 Å². The quantitative estimate of drug-likeness (QED) is 0.926. The second-order valence-electron chi connectivity index (χ2n) is 5.58. The average Bonchev–Trinajstić information content (AvgIpc) is 3.08. The Balaban J connectivity index is 1.51. The number of likely N-dealkylation sites (tertiary alicyclic amines) is 1. The van der Waals surface area contributed by atoms with Gasteiger partial charge in [-0.1, -0.05) is 0 Å². The van der Waals surface area contributed by atoms with Crippen molar-refractivity contribution in [3.05, 3.63) is 22.3 Å². The van der Waals surface area contributed by atoms with Gasteiger partial charge in [-0.3, -0.25) is 0 Å². The molecule has 3 nitrogen and oxygen atoms in total. The molecule has 2 aliphatic rings. The summed E-state index contributed by atoms with van der Waals surface area (Å²) in [7, 11) is 0. The number of nitrogens with zero attached hydrogens (tertiary/aromatic N) is 2. The molecule has 1 aromatic rings. The zero-order valence-corrected chi connectivity index (χ0v) is 12.4. The van der Waals surface area contributed by atoms with Gasteiger partial charge < -0.3 is 10.2 Å². The minimum Gasteiger partial charge on any atom is -0.370 e. The summed E-state index contributed by atoms with van der Waals surface area (Å²) in [4.78, 5) is 7.09. The van der Waals surface area contributed by atoms with Gasteiger partial charge in [0.25, 0.3) is 0 Å². The summed E-state index contributed by atoms with van der Waals surface area (Å²) in [6.07, 6.45) is 6.04. The first-order chi connectivity index (χ1) is 8.72. The number of pyridine rings is 1. The molecule has 3 rings (SSSR count). The molecule has 1 saturated carbocycles. The lowest BCUT2D eigenvalue weighted by molar-refractivity contribution is 0.316. The molecule has 18 heavy (non-hydrogen) atoms. The maximum atomic E-state index is 4.43. The van der Waals surface area contributed by atoms with Crippen LogP contribution < -0.4 is 5.32 Å². The fourth-order valence-corrected chi connectivity index (χ4v) is 3.21. The molecule has 0 spiro atoms. The van der Waals surface area contributed by atoms with E-state index in [0.29, 0.717) is 0 Å². The molecule has 1 aliphatic heterocycles. The van der Waals surface area contributed by atoms with Gasteiger partial charge >= 0.3 is 0 Å². The molecule has 4 heteroatoms. The number of hydrogen-bond acceptors (Lipinski definition) is 3. The summed E-state index contributed by atoms with van der Waals surface area (Å²) in [5.41, 5.74) is 1.21. The standard InChI is InChI=1S/C14H20BrN3/c1-10-6-12(15)8-17-14(10)16-7-11-4-5-18(9-11)13-2-3-13/h6,8,11,13H,2-5,7,9H2,1H3,(H,16,17). The maximum absolute atomic E-state index is 4.43.